The van der Waals surface area contributed by atoms with E-state index >= 15 is 0 Å². The average Bonchev–Trinajstić information content (AvgIpc) is 3.19. The molecule has 4 aromatic rings. The van der Waals surface area contributed by atoms with E-state index in [2.05, 4.69) is 16.0 Å². The molecule has 4 rings (SSSR count). The fraction of sp³-hybridized carbons (Fsp3) is 0.150. The van der Waals surface area contributed by atoms with E-state index in [4.69, 9.17) is 0 Å². The van der Waals surface area contributed by atoms with Crippen molar-refractivity contribution in [3.63, 3.8) is 0 Å². The molecule has 0 saturated heterocycles. The molecule has 2 aromatic carbocycles. The Morgan fingerprint density at radius 3 is 2.19 bits per heavy atom. The van der Waals surface area contributed by atoms with E-state index in [-0.39, 0.29) is 17.1 Å². The van der Waals surface area contributed by atoms with Gasteiger partial charge >= 0.3 is 0 Å². The van der Waals surface area contributed by atoms with E-state index in [0.29, 0.717) is 5.82 Å². The van der Waals surface area contributed by atoms with Gasteiger partial charge in [-0.05, 0) is 24.3 Å². The molecular formula is C20H17N5OS. The van der Waals surface area contributed by atoms with E-state index in [0.717, 1.165) is 27.2 Å². The molecule has 1 N–H and O–H groups in total. The number of aryl methyl sites for hydroxylation is 2. The maximum atomic E-state index is 10.6. The van der Waals surface area contributed by atoms with Crippen LogP contribution in [0.5, 0.6) is 0 Å². The quantitative estimate of drug-likeness (QED) is 0.331. The van der Waals surface area contributed by atoms with Crippen LogP contribution in [-0.2, 0) is 14.1 Å². The van der Waals surface area contributed by atoms with Crippen LogP contribution in [0.3, 0.4) is 0 Å². The minimum atomic E-state index is -0.00652. The SMILES string of the molecule is Cn1c(SC/C(O)=C(/C#N)c2nc3ccccc3n2C)nc2ccccc21. The molecule has 0 amide bonds. The Morgan fingerprint density at radius 2 is 1.59 bits per heavy atom. The molecule has 0 aliphatic heterocycles. The predicted octanol–water partition coefficient (Wildman–Crippen LogP) is 4.04. The standard InChI is InChI=1S/C20H17N5OS/c1-24-16-9-5-3-7-14(16)22-19(24)13(11-21)18(26)12-27-20-23-15-8-4-6-10-17(15)25(20)2/h3-10,26H,12H2,1-2H3/b18-13+. The lowest BCUT2D eigenvalue weighted by Crippen LogP contribution is -2.01. The van der Waals surface area contributed by atoms with E-state index in [1.807, 2.05) is 71.8 Å². The van der Waals surface area contributed by atoms with Gasteiger partial charge in [-0.25, -0.2) is 9.97 Å². The van der Waals surface area contributed by atoms with E-state index in [1.54, 1.807) is 0 Å². The van der Waals surface area contributed by atoms with E-state index < -0.39 is 0 Å². The zero-order valence-corrected chi connectivity index (χ0v) is 15.7. The fourth-order valence-electron chi connectivity index (χ4n) is 3.07. The minimum Gasteiger partial charge on any atom is -0.510 e. The van der Waals surface area contributed by atoms with Crippen LogP contribution in [0.4, 0.5) is 0 Å². The summed E-state index contributed by atoms with van der Waals surface area (Å²) in [6.07, 6.45) is 0. The van der Waals surface area contributed by atoms with Gasteiger partial charge in [0, 0.05) is 14.1 Å². The van der Waals surface area contributed by atoms with Gasteiger partial charge in [0.05, 0.1) is 27.8 Å². The molecule has 0 saturated carbocycles. The lowest BCUT2D eigenvalue weighted by atomic mass is 10.2. The molecule has 0 fully saturated rings. The number of hydrogen-bond donors (Lipinski definition) is 1. The van der Waals surface area contributed by atoms with Crippen LogP contribution in [0.1, 0.15) is 5.82 Å². The summed E-state index contributed by atoms with van der Waals surface area (Å²) in [5, 5.41) is 21.0. The number of rotatable bonds is 4. The molecule has 2 aromatic heterocycles. The zero-order chi connectivity index (χ0) is 19.0. The first-order chi connectivity index (χ1) is 13.1. The minimum absolute atomic E-state index is 0.00652. The number of fused-ring (bicyclic) bond motifs is 2. The van der Waals surface area contributed by atoms with Gasteiger partial charge in [0.2, 0.25) is 0 Å². The van der Waals surface area contributed by atoms with Crippen LogP contribution in [-0.4, -0.2) is 30.0 Å². The fourth-order valence-corrected chi connectivity index (χ4v) is 3.94. The second-order valence-electron chi connectivity index (χ2n) is 6.15. The first-order valence-electron chi connectivity index (χ1n) is 8.38. The van der Waals surface area contributed by atoms with E-state index in [9.17, 15) is 10.4 Å². The molecule has 27 heavy (non-hydrogen) atoms. The van der Waals surface area contributed by atoms with Crippen LogP contribution in [0.2, 0.25) is 0 Å². The highest BCUT2D eigenvalue weighted by Crippen LogP contribution is 2.27. The highest BCUT2D eigenvalue weighted by molar-refractivity contribution is 7.99. The monoisotopic (exact) mass is 375 g/mol. The number of aliphatic hydroxyl groups is 1. The summed E-state index contributed by atoms with van der Waals surface area (Å²) in [6.45, 7) is 0. The number of benzene rings is 2. The third kappa shape index (κ3) is 2.94. The molecule has 7 heteroatoms. The Balaban J connectivity index is 1.67. The third-order valence-electron chi connectivity index (χ3n) is 4.50. The molecule has 0 bridgehead atoms. The molecule has 134 valence electrons. The molecule has 0 spiro atoms. The average molecular weight is 375 g/mol. The number of allylic oxidation sites excluding steroid dienone is 1. The Hall–Kier alpha value is -3.24. The lowest BCUT2D eigenvalue weighted by molar-refractivity contribution is 0.420. The van der Waals surface area contributed by atoms with Gasteiger partial charge in [0.1, 0.15) is 17.4 Å². The normalized spacial score (nSPS) is 12.3. The maximum Gasteiger partial charge on any atom is 0.169 e. The number of nitrogens with zero attached hydrogens (tertiary/aromatic N) is 5. The van der Waals surface area contributed by atoms with Crippen molar-refractivity contribution in [1.82, 2.24) is 19.1 Å². The van der Waals surface area contributed by atoms with Gasteiger partial charge in [0.15, 0.2) is 11.0 Å². The summed E-state index contributed by atoms with van der Waals surface area (Å²) in [7, 11) is 3.78. The molecule has 0 radical (unpaired) electrons. The number of thioether (sulfide) groups is 1. The molecule has 2 heterocycles. The second kappa shape index (κ2) is 6.82. The summed E-state index contributed by atoms with van der Waals surface area (Å²) in [5.74, 6) is 0.693. The summed E-state index contributed by atoms with van der Waals surface area (Å²) in [6, 6.07) is 17.6. The Kier molecular flexibility index (Phi) is 4.34. The van der Waals surface area contributed by atoms with Crippen LogP contribution in [0.15, 0.2) is 59.4 Å². The third-order valence-corrected chi connectivity index (χ3v) is 5.54. The van der Waals surface area contributed by atoms with Crippen LogP contribution >= 0.6 is 11.8 Å². The number of nitriles is 1. The van der Waals surface area contributed by atoms with Gasteiger partial charge in [0.25, 0.3) is 0 Å². The van der Waals surface area contributed by atoms with Crippen molar-refractivity contribution in [3.8, 4) is 6.07 Å². The number of hydrogen-bond acceptors (Lipinski definition) is 5. The number of aromatic nitrogens is 4. The molecule has 6 nitrogen and oxygen atoms in total. The van der Waals surface area contributed by atoms with Crippen molar-refractivity contribution in [1.29, 1.82) is 5.26 Å². The molecular weight excluding hydrogens is 358 g/mol. The van der Waals surface area contributed by atoms with Crippen molar-refractivity contribution in [2.75, 3.05) is 5.75 Å². The molecule has 0 unspecified atom stereocenters. The van der Waals surface area contributed by atoms with Gasteiger partial charge in [-0.1, -0.05) is 36.0 Å². The highest BCUT2D eigenvalue weighted by Gasteiger charge is 2.17. The topological polar surface area (TPSA) is 79.7 Å². The first kappa shape index (κ1) is 17.2. The smallest absolute Gasteiger partial charge is 0.169 e. The Morgan fingerprint density at radius 1 is 1.00 bits per heavy atom. The second-order valence-corrected chi connectivity index (χ2v) is 7.09. The van der Waals surface area contributed by atoms with Crippen molar-refractivity contribution in [2.45, 2.75) is 5.16 Å². The van der Waals surface area contributed by atoms with Crippen LogP contribution in [0.25, 0.3) is 27.6 Å². The number of imidazole rings is 2. The van der Waals surface area contributed by atoms with Crippen LogP contribution in [0, 0.1) is 11.3 Å². The summed E-state index contributed by atoms with van der Waals surface area (Å²) in [4.78, 5) is 9.09. The maximum absolute atomic E-state index is 10.6. The Labute approximate surface area is 160 Å². The number of para-hydroxylation sites is 4. The van der Waals surface area contributed by atoms with Crippen molar-refractivity contribution < 1.29 is 5.11 Å². The summed E-state index contributed by atoms with van der Waals surface area (Å²) >= 11 is 1.39. The summed E-state index contributed by atoms with van der Waals surface area (Å²) in [5.41, 5.74) is 3.82. The largest absolute Gasteiger partial charge is 0.510 e. The van der Waals surface area contributed by atoms with Crippen LogP contribution < -0.4 is 0 Å². The van der Waals surface area contributed by atoms with Gasteiger partial charge in [-0.15, -0.1) is 0 Å². The van der Waals surface area contributed by atoms with Crippen molar-refractivity contribution in [3.05, 3.63) is 60.1 Å². The molecule has 0 aliphatic carbocycles. The zero-order valence-electron chi connectivity index (χ0n) is 14.9. The van der Waals surface area contributed by atoms with Gasteiger partial charge in [-0.2, -0.15) is 5.26 Å². The lowest BCUT2D eigenvalue weighted by Gasteiger charge is -2.05. The number of aliphatic hydroxyl groups excluding tert-OH is 1. The summed E-state index contributed by atoms with van der Waals surface area (Å²) < 4.78 is 3.80. The van der Waals surface area contributed by atoms with Crippen molar-refractivity contribution >= 4 is 39.4 Å². The predicted molar refractivity (Wildman–Crippen MR) is 107 cm³/mol. The van der Waals surface area contributed by atoms with E-state index in [1.165, 1.54) is 11.8 Å². The Bertz CT molecular complexity index is 1230. The van der Waals surface area contributed by atoms with Gasteiger partial charge in [-0.3, -0.25) is 0 Å². The first-order valence-corrected chi connectivity index (χ1v) is 9.37. The van der Waals surface area contributed by atoms with Crippen molar-refractivity contribution in [2.24, 2.45) is 14.1 Å². The van der Waals surface area contributed by atoms with Gasteiger partial charge < -0.3 is 14.2 Å². The molecule has 0 atom stereocenters. The highest BCUT2D eigenvalue weighted by atomic mass is 32.2. The molecule has 0 aliphatic rings.